The number of ether oxygens (including phenoxy) is 1. The molecule has 0 fully saturated rings. The Morgan fingerprint density at radius 3 is 2.65 bits per heavy atom. The van der Waals surface area contributed by atoms with Gasteiger partial charge in [0, 0.05) is 30.8 Å². The molecule has 37 heavy (non-hydrogen) atoms. The lowest BCUT2D eigenvalue weighted by Crippen LogP contribution is -2.22. The van der Waals surface area contributed by atoms with Gasteiger partial charge < -0.3 is 10.1 Å². The third kappa shape index (κ3) is 7.59. The lowest BCUT2D eigenvalue weighted by atomic mass is 9.92. The first-order chi connectivity index (χ1) is 18.0. The number of benzene rings is 2. The summed E-state index contributed by atoms with van der Waals surface area (Å²) in [5.41, 5.74) is 3.35. The molecule has 0 spiro atoms. The number of unbranched alkanes of at least 4 members (excludes halogenated alkanes) is 1. The molecule has 0 saturated heterocycles. The minimum Gasteiger partial charge on any atom is -0.497 e. The van der Waals surface area contributed by atoms with Crippen molar-refractivity contribution in [2.75, 3.05) is 12.9 Å². The Kier molecular flexibility index (Phi) is 9.60. The van der Waals surface area contributed by atoms with Crippen LogP contribution in [-0.4, -0.2) is 33.5 Å². The van der Waals surface area contributed by atoms with Crippen LogP contribution in [0.4, 0.5) is 0 Å². The maximum Gasteiger partial charge on any atom is 0.220 e. The molecule has 2 atom stereocenters. The molecule has 2 unspecified atom stereocenters. The van der Waals surface area contributed by atoms with Gasteiger partial charge in [0.2, 0.25) is 5.91 Å². The molecule has 1 aliphatic carbocycles. The monoisotopic (exact) mass is 516 g/mol. The Morgan fingerprint density at radius 2 is 1.89 bits per heavy atom. The zero-order chi connectivity index (χ0) is 26.0. The van der Waals surface area contributed by atoms with Crippen LogP contribution in [0.1, 0.15) is 43.1 Å². The summed E-state index contributed by atoms with van der Waals surface area (Å²) in [7, 11) is 1.65. The Balaban J connectivity index is 1.32. The van der Waals surface area contributed by atoms with Gasteiger partial charge in [-0.25, -0.2) is 0 Å². The van der Waals surface area contributed by atoms with Crippen molar-refractivity contribution < 1.29 is 9.53 Å². The number of nitrogens with one attached hydrogen (secondary N) is 1. The molecule has 1 heterocycles. The van der Waals surface area contributed by atoms with E-state index in [1.54, 1.807) is 18.9 Å². The molecular formula is C30H36N4O2S. The zero-order valence-corrected chi connectivity index (χ0v) is 22.7. The highest BCUT2D eigenvalue weighted by molar-refractivity contribution is 7.99. The van der Waals surface area contributed by atoms with Crippen molar-refractivity contribution in [2.24, 2.45) is 11.8 Å². The van der Waals surface area contributed by atoms with Crippen LogP contribution in [0.3, 0.4) is 0 Å². The molecular weight excluding hydrogens is 480 g/mol. The minimum absolute atomic E-state index is 0.0657. The molecule has 1 amide bonds. The van der Waals surface area contributed by atoms with Gasteiger partial charge in [0.15, 0.2) is 5.16 Å². The van der Waals surface area contributed by atoms with Crippen LogP contribution in [0.25, 0.3) is 5.69 Å². The number of aryl methyl sites for hydroxylation is 2. The molecule has 1 N–H and O–H groups in total. The van der Waals surface area contributed by atoms with Crippen molar-refractivity contribution in [1.82, 2.24) is 20.1 Å². The first kappa shape index (κ1) is 26.7. The van der Waals surface area contributed by atoms with Crippen molar-refractivity contribution in [3.8, 4) is 11.4 Å². The standard InChI is InChI=1S/C30H36N4O2S/c1-22-9-8-12-26(19-22)34-28(32-33-30(34)37-21-25-11-5-4-10-23(25)2)13-6-7-14-29(35)31-20-24-15-17-27(36-3)18-16-24/h4-5,8-12,15-19,23,25H,6-7,13-14,20-21H2,1-3H3,(H,31,35). The van der Waals surface area contributed by atoms with Crippen molar-refractivity contribution in [1.29, 1.82) is 0 Å². The number of nitrogens with zero attached hydrogens (tertiary/aromatic N) is 3. The molecule has 6 nitrogen and oxygen atoms in total. The van der Waals surface area contributed by atoms with Gasteiger partial charge in [0.05, 0.1) is 7.11 Å². The molecule has 3 aromatic rings. The van der Waals surface area contributed by atoms with E-state index >= 15 is 0 Å². The number of carbonyl (C=O) groups is 1. The summed E-state index contributed by atoms with van der Waals surface area (Å²) in [5.74, 6) is 3.78. The number of aromatic nitrogens is 3. The number of hydrogen-bond acceptors (Lipinski definition) is 5. The second-order valence-corrected chi connectivity index (χ2v) is 10.5. The van der Waals surface area contributed by atoms with Gasteiger partial charge in [-0.15, -0.1) is 10.2 Å². The summed E-state index contributed by atoms with van der Waals surface area (Å²) in [6, 6.07) is 16.2. The zero-order valence-electron chi connectivity index (χ0n) is 21.9. The lowest BCUT2D eigenvalue weighted by molar-refractivity contribution is -0.121. The second-order valence-electron chi connectivity index (χ2n) is 9.51. The van der Waals surface area contributed by atoms with E-state index in [9.17, 15) is 4.79 Å². The number of amides is 1. The number of allylic oxidation sites excluding steroid dienone is 4. The van der Waals surface area contributed by atoms with Crippen LogP contribution in [0.5, 0.6) is 5.75 Å². The minimum atomic E-state index is 0.0657. The maximum atomic E-state index is 12.4. The lowest BCUT2D eigenvalue weighted by Gasteiger charge is -2.20. The summed E-state index contributed by atoms with van der Waals surface area (Å²) in [5, 5.41) is 13.1. The van der Waals surface area contributed by atoms with Crippen molar-refractivity contribution in [3.63, 3.8) is 0 Å². The Hall–Kier alpha value is -3.32. The topological polar surface area (TPSA) is 69.0 Å². The molecule has 1 aliphatic rings. The predicted octanol–water partition coefficient (Wildman–Crippen LogP) is 6.08. The molecule has 0 saturated carbocycles. The normalized spacial score (nSPS) is 16.6. The van der Waals surface area contributed by atoms with Crippen molar-refractivity contribution in [3.05, 3.63) is 89.8 Å². The van der Waals surface area contributed by atoms with Crippen LogP contribution < -0.4 is 10.1 Å². The Morgan fingerprint density at radius 1 is 1.08 bits per heavy atom. The number of methoxy groups -OCH3 is 1. The van der Waals surface area contributed by atoms with Crippen LogP contribution in [0.2, 0.25) is 0 Å². The van der Waals surface area contributed by atoms with E-state index in [0.717, 1.165) is 53.0 Å². The van der Waals surface area contributed by atoms with Crippen molar-refractivity contribution in [2.45, 2.75) is 51.2 Å². The van der Waals surface area contributed by atoms with Crippen LogP contribution in [0.15, 0.2) is 78.0 Å². The molecule has 7 heteroatoms. The Labute approximate surface area is 224 Å². The third-order valence-electron chi connectivity index (χ3n) is 6.63. The summed E-state index contributed by atoms with van der Waals surface area (Å²) < 4.78 is 7.37. The number of hydrogen-bond donors (Lipinski definition) is 1. The number of thioether (sulfide) groups is 1. The molecule has 4 rings (SSSR count). The molecule has 0 radical (unpaired) electrons. The van der Waals surface area contributed by atoms with Gasteiger partial charge >= 0.3 is 0 Å². The SMILES string of the molecule is COc1ccc(CNC(=O)CCCCc2nnc(SCC3C=CC=CC3C)n2-c2cccc(C)c2)cc1. The molecule has 1 aromatic heterocycles. The fourth-order valence-electron chi connectivity index (χ4n) is 4.33. The fourth-order valence-corrected chi connectivity index (χ4v) is 5.52. The molecule has 0 bridgehead atoms. The van der Waals surface area contributed by atoms with Crippen LogP contribution in [0, 0.1) is 18.8 Å². The second kappa shape index (κ2) is 13.3. The summed E-state index contributed by atoms with van der Waals surface area (Å²) >= 11 is 1.76. The van der Waals surface area contributed by atoms with Gasteiger partial charge in [-0.05, 0) is 67.0 Å². The molecule has 0 aliphatic heterocycles. The summed E-state index contributed by atoms with van der Waals surface area (Å²) in [6.07, 6.45) is 11.7. The summed E-state index contributed by atoms with van der Waals surface area (Å²) in [6.45, 7) is 4.89. The van der Waals surface area contributed by atoms with E-state index in [2.05, 4.69) is 82.5 Å². The summed E-state index contributed by atoms with van der Waals surface area (Å²) in [4.78, 5) is 12.4. The van der Waals surface area contributed by atoms with E-state index in [0.29, 0.717) is 24.8 Å². The molecule has 2 aromatic carbocycles. The van der Waals surface area contributed by atoms with Gasteiger partial charge in [0.25, 0.3) is 0 Å². The van der Waals surface area contributed by atoms with E-state index in [1.807, 2.05) is 24.3 Å². The average molecular weight is 517 g/mol. The van der Waals surface area contributed by atoms with Crippen LogP contribution in [-0.2, 0) is 17.8 Å². The highest BCUT2D eigenvalue weighted by atomic mass is 32.2. The third-order valence-corrected chi connectivity index (χ3v) is 7.70. The number of rotatable bonds is 12. The largest absolute Gasteiger partial charge is 0.497 e. The highest BCUT2D eigenvalue weighted by Crippen LogP contribution is 2.29. The first-order valence-electron chi connectivity index (χ1n) is 12.9. The smallest absolute Gasteiger partial charge is 0.220 e. The van der Waals surface area contributed by atoms with E-state index < -0.39 is 0 Å². The van der Waals surface area contributed by atoms with E-state index in [4.69, 9.17) is 4.74 Å². The Bertz CT molecular complexity index is 1230. The fraction of sp³-hybridized carbons (Fsp3) is 0.367. The van der Waals surface area contributed by atoms with Crippen molar-refractivity contribution >= 4 is 17.7 Å². The first-order valence-corrected chi connectivity index (χ1v) is 13.9. The highest BCUT2D eigenvalue weighted by Gasteiger charge is 2.19. The maximum absolute atomic E-state index is 12.4. The average Bonchev–Trinajstić information content (AvgIpc) is 3.32. The quantitative estimate of drug-likeness (QED) is 0.233. The molecule has 194 valence electrons. The van der Waals surface area contributed by atoms with Gasteiger partial charge in [-0.3, -0.25) is 9.36 Å². The predicted molar refractivity (Wildman–Crippen MR) is 150 cm³/mol. The van der Waals surface area contributed by atoms with Gasteiger partial charge in [-0.1, -0.05) is 67.3 Å². The van der Waals surface area contributed by atoms with E-state index in [1.165, 1.54) is 5.56 Å². The van der Waals surface area contributed by atoms with E-state index in [-0.39, 0.29) is 5.91 Å². The van der Waals surface area contributed by atoms with Gasteiger partial charge in [0.1, 0.15) is 11.6 Å². The van der Waals surface area contributed by atoms with Crippen LogP contribution >= 0.6 is 11.8 Å². The number of carbonyl (C=O) groups excluding carboxylic acids is 1. The van der Waals surface area contributed by atoms with Gasteiger partial charge in [-0.2, -0.15) is 0 Å².